The number of hydrogen-bond donors (Lipinski definition) is 1. The van der Waals surface area contributed by atoms with E-state index in [9.17, 15) is 9.18 Å². The Balaban J connectivity index is 2.00. The van der Waals surface area contributed by atoms with Crippen LogP contribution in [0.25, 0.3) is 11.1 Å². The van der Waals surface area contributed by atoms with Crippen molar-refractivity contribution in [2.24, 2.45) is 0 Å². The highest BCUT2D eigenvalue weighted by atomic mass is 19.1. The van der Waals surface area contributed by atoms with Crippen LogP contribution in [0.5, 0.6) is 0 Å². The lowest BCUT2D eigenvalue weighted by atomic mass is 9.98. The summed E-state index contributed by atoms with van der Waals surface area (Å²) in [6.45, 7) is 6.62. The standard InChI is InChI=1S/C22H28FNO2/c1-4-5-6-7-13-26-22(25)24-19-10-8-9-18(14-19)20-12-11-17(16(2)3)15-21(20)23/h8-12,14-16H,4-7,13H2,1-3H3,(H,24,25). The maximum atomic E-state index is 14.4. The van der Waals surface area contributed by atoms with E-state index in [4.69, 9.17) is 4.74 Å². The van der Waals surface area contributed by atoms with Crippen molar-refractivity contribution in [3.05, 3.63) is 53.8 Å². The molecule has 0 bridgehead atoms. The Morgan fingerprint density at radius 1 is 1.12 bits per heavy atom. The highest BCUT2D eigenvalue weighted by Crippen LogP contribution is 2.28. The highest BCUT2D eigenvalue weighted by molar-refractivity contribution is 5.86. The molecule has 2 aromatic rings. The van der Waals surface area contributed by atoms with Crippen molar-refractivity contribution < 1.29 is 13.9 Å². The van der Waals surface area contributed by atoms with E-state index in [0.29, 0.717) is 17.9 Å². The van der Waals surface area contributed by atoms with Crippen LogP contribution < -0.4 is 5.32 Å². The van der Waals surface area contributed by atoms with Crippen LogP contribution in [0.1, 0.15) is 57.9 Å². The lowest BCUT2D eigenvalue weighted by molar-refractivity contribution is 0.159. The summed E-state index contributed by atoms with van der Waals surface area (Å²) in [6.07, 6.45) is 3.75. The number of hydrogen-bond acceptors (Lipinski definition) is 2. The van der Waals surface area contributed by atoms with Gasteiger partial charge in [0.25, 0.3) is 0 Å². The molecule has 0 atom stereocenters. The van der Waals surface area contributed by atoms with Crippen LogP contribution in [0, 0.1) is 5.82 Å². The summed E-state index contributed by atoms with van der Waals surface area (Å²) in [7, 11) is 0. The number of rotatable bonds is 8. The first-order valence-electron chi connectivity index (χ1n) is 9.35. The fourth-order valence-electron chi connectivity index (χ4n) is 2.74. The number of amides is 1. The van der Waals surface area contributed by atoms with Gasteiger partial charge in [0.05, 0.1) is 6.61 Å². The van der Waals surface area contributed by atoms with E-state index in [0.717, 1.165) is 36.8 Å². The second-order valence-corrected chi connectivity index (χ2v) is 6.80. The number of ether oxygens (including phenoxy) is 1. The highest BCUT2D eigenvalue weighted by Gasteiger charge is 2.10. The zero-order chi connectivity index (χ0) is 18.9. The normalized spacial score (nSPS) is 10.8. The van der Waals surface area contributed by atoms with Gasteiger partial charge in [-0.1, -0.05) is 64.3 Å². The number of anilines is 1. The van der Waals surface area contributed by atoms with E-state index in [-0.39, 0.29) is 11.7 Å². The molecular formula is C22H28FNO2. The summed E-state index contributed by atoms with van der Waals surface area (Å²) in [6, 6.07) is 12.4. The van der Waals surface area contributed by atoms with Gasteiger partial charge in [0.2, 0.25) is 0 Å². The first kappa shape index (κ1) is 20.0. The Morgan fingerprint density at radius 2 is 1.92 bits per heavy atom. The summed E-state index contributed by atoms with van der Waals surface area (Å²) < 4.78 is 19.6. The van der Waals surface area contributed by atoms with E-state index < -0.39 is 6.09 Å². The fraction of sp³-hybridized carbons (Fsp3) is 0.409. The number of halogens is 1. The lowest BCUT2D eigenvalue weighted by Gasteiger charge is -2.11. The molecule has 0 aliphatic heterocycles. The van der Waals surface area contributed by atoms with Gasteiger partial charge >= 0.3 is 6.09 Å². The molecule has 0 spiro atoms. The molecule has 4 heteroatoms. The van der Waals surface area contributed by atoms with Crippen LogP contribution in [-0.4, -0.2) is 12.7 Å². The van der Waals surface area contributed by atoms with Crippen LogP contribution in [-0.2, 0) is 4.74 Å². The molecule has 3 nitrogen and oxygen atoms in total. The molecule has 1 amide bonds. The molecule has 0 radical (unpaired) electrons. The minimum absolute atomic E-state index is 0.258. The summed E-state index contributed by atoms with van der Waals surface area (Å²) in [5.41, 5.74) is 2.80. The molecule has 2 rings (SSSR count). The summed E-state index contributed by atoms with van der Waals surface area (Å²) in [5, 5.41) is 2.71. The van der Waals surface area contributed by atoms with Crippen molar-refractivity contribution in [3.8, 4) is 11.1 Å². The predicted octanol–water partition coefficient (Wildman–Crippen LogP) is 6.74. The smallest absolute Gasteiger partial charge is 0.411 e. The molecule has 0 aliphatic carbocycles. The molecule has 0 unspecified atom stereocenters. The van der Waals surface area contributed by atoms with Crippen molar-refractivity contribution in [2.45, 2.75) is 52.4 Å². The van der Waals surface area contributed by atoms with Crippen molar-refractivity contribution in [1.29, 1.82) is 0 Å². The summed E-state index contributed by atoms with van der Waals surface area (Å²) in [4.78, 5) is 11.9. The van der Waals surface area contributed by atoms with Crippen molar-refractivity contribution in [1.82, 2.24) is 0 Å². The second-order valence-electron chi connectivity index (χ2n) is 6.80. The Bertz CT molecular complexity index is 728. The van der Waals surface area contributed by atoms with E-state index in [1.54, 1.807) is 30.3 Å². The van der Waals surface area contributed by atoms with Crippen LogP contribution in [0.15, 0.2) is 42.5 Å². The van der Waals surface area contributed by atoms with Gasteiger partial charge < -0.3 is 4.74 Å². The average Bonchev–Trinajstić information content (AvgIpc) is 2.61. The van der Waals surface area contributed by atoms with Gasteiger partial charge in [-0.25, -0.2) is 9.18 Å². The lowest BCUT2D eigenvalue weighted by Crippen LogP contribution is -2.14. The van der Waals surface area contributed by atoms with Gasteiger partial charge in [-0.3, -0.25) is 5.32 Å². The van der Waals surface area contributed by atoms with Gasteiger partial charge in [0, 0.05) is 11.3 Å². The summed E-state index contributed by atoms with van der Waals surface area (Å²) >= 11 is 0. The molecule has 1 N–H and O–H groups in total. The predicted molar refractivity (Wildman–Crippen MR) is 105 cm³/mol. The number of nitrogens with one attached hydrogen (secondary N) is 1. The topological polar surface area (TPSA) is 38.3 Å². The van der Waals surface area contributed by atoms with Crippen molar-refractivity contribution >= 4 is 11.8 Å². The average molecular weight is 357 g/mol. The minimum Gasteiger partial charge on any atom is -0.449 e. The molecule has 0 aromatic heterocycles. The molecular weight excluding hydrogens is 329 g/mol. The van der Waals surface area contributed by atoms with Gasteiger partial charge in [-0.15, -0.1) is 0 Å². The van der Waals surface area contributed by atoms with Crippen LogP contribution in [0.4, 0.5) is 14.9 Å². The Morgan fingerprint density at radius 3 is 2.62 bits per heavy atom. The number of unbranched alkanes of at least 4 members (excludes halogenated alkanes) is 3. The molecule has 0 saturated heterocycles. The van der Waals surface area contributed by atoms with Gasteiger partial charge in [0.1, 0.15) is 5.82 Å². The van der Waals surface area contributed by atoms with E-state index >= 15 is 0 Å². The quantitative estimate of drug-likeness (QED) is 0.531. The number of benzene rings is 2. The molecule has 0 saturated carbocycles. The minimum atomic E-state index is -0.478. The van der Waals surface area contributed by atoms with Crippen LogP contribution in [0.3, 0.4) is 0 Å². The molecule has 0 heterocycles. The van der Waals surface area contributed by atoms with Gasteiger partial charge in [-0.05, 0) is 41.7 Å². The zero-order valence-electron chi connectivity index (χ0n) is 15.8. The molecule has 0 fully saturated rings. The molecule has 140 valence electrons. The Kier molecular flexibility index (Phi) is 7.64. The Labute approximate surface area is 155 Å². The SMILES string of the molecule is CCCCCCOC(=O)Nc1cccc(-c2ccc(C(C)C)cc2F)c1. The monoisotopic (exact) mass is 357 g/mol. The molecule has 0 aliphatic rings. The van der Waals surface area contributed by atoms with Gasteiger partial charge in [0.15, 0.2) is 0 Å². The van der Waals surface area contributed by atoms with Crippen LogP contribution in [0.2, 0.25) is 0 Å². The molecule has 2 aromatic carbocycles. The third kappa shape index (κ3) is 5.87. The van der Waals surface area contributed by atoms with E-state index in [1.807, 2.05) is 26.0 Å². The Hall–Kier alpha value is -2.36. The summed E-state index contributed by atoms with van der Waals surface area (Å²) in [5.74, 6) is 0.0190. The number of carbonyl (C=O) groups excluding carboxylic acids is 1. The van der Waals surface area contributed by atoms with E-state index in [2.05, 4.69) is 12.2 Å². The maximum Gasteiger partial charge on any atom is 0.411 e. The fourth-order valence-corrected chi connectivity index (χ4v) is 2.74. The zero-order valence-corrected chi connectivity index (χ0v) is 15.8. The molecule has 26 heavy (non-hydrogen) atoms. The first-order chi connectivity index (χ1) is 12.5. The third-order valence-corrected chi connectivity index (χ3v) is 4.31. The van der Waals surface area contributed by atoms with Crippen LogP contribution >= 0.6 is 0 Å². The van der Waals surface area contributed by atoms with Gasteiger partial charge in [-0.2, -0.15) is 0 Å². The van der Waals surface area contributed by atoms with Crippen molar-refractivity contribution in [2.75, 3.05) is 11.9 Å². The third-order valence-electron chi connectivity index (χ3n) is 4.31. The van der Waals surface area contributed by atoms with E-state index in [1.165, 1.54) is 0 Å². The second kappa shape index (κ2) is 9.95. The first-order valence-corrected chi connectivity index (χ1v) is 9.35. The largest absolute Gasteiger partial charge is 0.449 e. The maximum absolute atomic E-state index is 14.4. The number of carbonyl (C=O) groups is 1. The van der Waals surface area contributed by atoms with Crippen molar-refractivity contribution in [3.63, 3.8) is 0 Å².